The summed E-state index contributed by atoms with van der Waals surface area (Å²) in [5, 5.41) is 10.1. The van der Waals surface area contributed by atoms with Gasteiger partial charge in [0.2, 0.25) is 0 Å². The second-order valence-electron chi connectivity index (χ2n) is 5.70. The van der Waals surface area contributed by atoms with Crippen LogP contribution in [0, 0.1) is 12.8 Å². The van der Waals surface area contributed by atoms with E-state index in [9.17, 15) is 9.90 Å². The van der Waals surface area contributed by atoms with Gasteiger partial charge in [0.05, 0.1) is 11.0 Å². The predicted molar refractivity (Wildman–Crippen MR) is 75.0 cm³/mol. The van der Waals surface area contributed by atoms with Gasteiger partial charge >= 0.3 is 6.09 Å². The van der Waals surface area contributed by atoms with Crippen molar-refractivity contribution in [2.24, 2.45) is 5.92 Å². The number of benzene rings is 1. The average molecular weight is 292 g/mol. The second kappa shape index (κ2) is 3.67. The minimum absolute atomic E-state index is 0.398. The fraction of sp³-hybridized carbons (Fsp3) is 0.429. The first-order valence-corrected chi connectivity index (χ1v) is 7.07. The SMILES string of the molecule is Cc1c(Cl)ccc2nc([C@]34C[C@H]3CCN4C(=O)O)[nH]c12. The molecule has 1 aliphatic carbocycles. The van der Waals surface area contributed by atoms with Gasteiger partial charge in [0.25, 0.3) is 0 Å². The van der Waals surface area contributed by atoms with Crippen LogP contribution >= 0.6 is 11.6 Å². The molecule has 1 amide bonds. The van der Waals surface area contributed by atoms with Gasteiger partial charge in [-0.25, -0.2) is 9.78 Å². The van der Waals surface area contributed by atoms with E-state index in [1.165, 1.54) is 4.90 Å². The Balaban J connectivity index is 1.87. The average Bonchev–Trinajstić information content (AvgIpc) is 2.84. The van der Waals surface area contributed by atoms with E-state index in [4.69, 9.17) is 11.6 Å². The van der Waals surface area contributed by atoms with Crippen LogP contribution in [0.3, 0.4) is 0 Å². The Bertz CT molecular complexity index is 741. The maximum atomic E-state index is 11.4. The maximum absolute atomic E-state index is 11.4. The number of piperidine rings is 1. The fourth-order valence-corrected chi connectivity index (χ4v) is 3.71. The molecule has 1 saturated heterocycles. The van der Waals surface area contributed by atoms with Gasteiger partial charge in [0.15, 0.2) is 0 Å². The van der Waals surface area contributed by atoms with Gasteiger partial charge in [0.1, 0.15) is 11.4 Å². The highest BCUT2D eigenvalue weighted by molar-refractivity contribution is 6.32. The van der Waals surface area contributed by atoms with Crippen LogP contribution < -0.4 is 0 Å². The second-order valence-corrected chi connectivity index (χ2v) is 6.11. The molecule has 1 aliphatic heterocycles. The van der Waals surface area contributed by atoms with Crippen molar-refractivity contribution >= 4 is 28.7 Å². The number of rotatable bonds is 1. The van der Waals surface area contributed by atoms with E-state index in [0.717, 1.165) is 35.3 Å². The monoisotopic (exact) mass is 291 g/mol. The van der Waals surface area contributed by atoms with Crippen molar-refractivity contribution in [3.8, 4) is 0 Å². The van der Waals surface area contributed by atoms with E-state index in [0.29, 0.717) is 17.5 Å². The highest BCUT2D eigenvalue weighted by Crippen LogP contribution is 2.61. The molecular weight excluding hydrogens is 278 g/mol. The molecule has 4 rings (SSSR count). The summed E-state index contributed by atoms with van der Waals surface area (Å²) in [5.74, 6) is 1.16. The Hall–Kier alpha value is -1.75. The van der Waals surface area contributed by atoms with E-state index in [1.807, 2.05) is 19.1 Å². The Morgan fingerprint density at radius 2 is 2.40 bits per heavy atom. The lowest BCUT2D eigenvalue weighted by molar-refractivity contribution is 0.125. The largest absolute Gasteiger partial charge is 0.465 e. The van der Waals surface area contributed by atoms with Crippen LogP contribution in [0.2, 0.25) is 5.02 Å². The normalized spacial score (nSPS) is 27.9. The third kappa shape index (κ3) is 1.33. The highest BCUT2D eigenvalue weighted by atomic mass is 35.5. The van der Waals surface area contributed by atoms with Crippen LogP contribution in [-0.4, -0.2) is 32.6 Å². The van der Waals surface area contributed by atoms with Crippen molar-refractivity contribution in [3.05, 3.63) is 28.5 Å². The van der Waals surface area contributed by atoms with Crippen molar-refractivity contribution < 1.29 is 9.90 Å². The summed E-state index contributed by atoms with van der Waals surface area (Å²) in [5.41, 5.74) is 2.28. The molecule has 1 aromatic carbocycles. The van der Waals surface area contributed by atoms with Gasteiger partial charge in [-0.15, -0.1) is 0 Å². The van der Waals surface area contributed by atoms with Gasteiger partial charge < -0.3 is 10.1 Å². The van der Waals surface area contributed by atoms with Crippen molar-refractivity contribution in [2.75, 3.05) is 6.54 Å². The fourth-order valence-electron chi connectivity index (χ4n) is 3.55. The number of aromatic nitrogens is 2. The molecule has 6 heteroatoms. The Kier molecular flexibility index (Phi) is 2.20. The smallest absolute Gasteiger partial charge is 0.408 e. The molecule has 2 aromatic rings. The zero-order valence-electron chi connectivity index (χ0n) is 11.0. The van der Waals surface area contributed by atoms with Crippen LogP contribution in [0.1, 0.15) is 24.2 Å². The number of H-pyrrole nitrogens is 1. The molecule has 2 N–H and O–H groups in total. The number of amides is 1. The third-order valence-corrected chi connectivity index (χ3v) is 5.16. The van der Waals surface area contributed by atoms with Crippen molar-refractivity contribution in [1.29, 1.82) is 0 Å². The summed E-state index contributed by atoms with van der Waals surface area (Å²) < 4.78 is 0. The maximum Gasteiger partial charge on any atom is 0.408 e. The Morgan fingerprint density at radius 3 is 3.10 bits per heavy atom. The number of fused-ring (bicyclic) bond motifs is 2. The summed E-state index contributed by atoms with van der Waals surface area (Å²) in [6, 6.07) is 3.70. The summed E-state index contributed by atoms with van der Waals surface area (Å²) in [7, 11) is 0. The molecule has 0 unspecified atom stereocenters. The van der Waals surface area contributed by atoms with Gasteiger partial charge in [-0.3, -0.25) is 4.90 Å². The minimum Gasteiger partial charge on any atom is -0.465 e. The molecule has 20 heavy (non-hydrogen) atoms. The number of hydrogen-bond donors (Lipinski definition) is 2. The Labute approximate surface area is 120 Å². The minimum atomic E-state index is -0.861. The molecule has 2 heterocycles. The van der Waals surface area contributed by atoms with Crippen LogP contribution in [-0.2, 0) is 5.54 Å². The lowest BCUT2D eigenvalue weighted by Crippen LogP contribution is -2.37. The van der Waals surface area contributed by atoms with E-state index in [1.54, 1.807) is 0 Å². The van der Waals surface area contributed by atoms with Crippen LogP contribution in [0.4, 0.5) is 4.79 Å². The molecule has 5 nitrogen and oxygen atoms in total. The first-order valence-electron chi connectivity index (χ1n) is 6.70. The standard InChI is InChI=1S/C14H14ClN3O2/c1-7-9(15)2-3-10-11(7)17-12(16-10)14-6-8(14)4-5-18(14)13(19)20/h2-3,8H,4-6H2,1H3,(H,16,17)(H,19,20)/t8-,14+/m1/s1. The first-order chi connectivity index (χ1) is 9.54. The molecule has 2 aliphatic rings. The van der Waals surface area contributed by atoms with Gasteiger partial charge in [-0.05, 0) is 43.4 Å². The summed E-state index contributed by atoms with van der Waals surface area (Å²) in [4.78, 5) is 20.9. The molecular formula is C14H14ClN3O2. The number of likely N-dealkylation sites (tertiary alicyclic amines) is 1. The van der Waals surface area contributed by atoms with E-state index in [-0.39, 0.29) is 0 Å². The molecule has 2 fully saturated rings. The number of carboxylic acid groups (broad SMARTS) is 1. The molecule has 0 spiro atoms. The highest BCUT2D eigenvalue weighted by Gasteiger charge is 2.66. The summed E-state index contributed by atoms with van der Waals surface area (Å²) >= 11 is 6.13. The topological polar surface area (TPSA) is 69.2 Å². The van der Waals surface area contributed by atoms with Gasteiger partial charge in [-0.1, -0.05) is 11.6 Å². The zero-order valence-corrected chi connectivity index (χ0v) is 11.7. The van der Waals surface area contributed by atoms with Crippen molar-refractivity contribution in [1.82, 2.24) is 14.9 Å². The molecule has 104 valence electrons. The number of nitrogens with one attached hydrogen (secondary N) is 1. The predicted octanol–water partition coefficient (Wildman–Crippen LogP) is 3.12. The lowest BCUT2D eigenvalue weighted by atomic mass is 10.2. The van der Waals surface area contributed by atoms with E-state index >= 15 is 0 Å². The molecule has 1 saturated carbocycles. The van der Waals surface area contributed by atoms with Crippen LogP contribution in [0.15, 0.2) is 12.1 Å². The summed E-state index contributed by atoms with van der Waals surface area (Å²) in [6.45, 7) is 2.54. The van der Waals surface area contributed by atoms with Crippen molar-refractivity contribution in [2.45, 2.75) is 25.3 Å². The van der Waals surface area contributed by atoms with Crippen LogP contribution in [0.25, 0.3) is 11.0 Å². The Morgan fingerprint density at radius 1 is 1.60 bits per heavy atom. The van der Waals surface area contributed by atoms with Crippen molar-refractivity contribution in [3.63, 3.8) is 0 Å². The number of aryl methyl sites for hydroxylation is 1. The number of nitrogens with zero attached hydrogens (tertiary/aromatic N) is 2. The first kappa shape index (κ1) is 12.0. The quantitative estimate of drug-likeness (QED) is 0.848. The zero-order chi connectivity index (χ0) is 14.1. The number of halogens is 1. The van der Waals surface area contributed by atoms with Crippen LogP contribution in [0.5, 0.6) is 0 Å². The van der Waals surface area contributed by atoms with E-state index < -0.39 is 11.6 Å². The number of hydrogen-bond acceptors (Lipinski definition) is 2. The van der Waals surface area contributed by atoms with Gasteiger partial charge in [0, 0.05) is 11.6 Å². The third-order valence-electron chi connectivity index (χ3n) is 4.75. The van der Waals surface area contributed by atoms with Gasteiger partial charge in [-0.2, -0.15) is 0 Å². The summed E-state index contributed by atoms with van der Waals surface area (Å²) in [6.07, 6.45) is 0.926. The molecule has 0 radical (unpaired) electrons. The lowest BCUT2D eigenvalue weighted by Gasteiger charge is -2.23. The molecule has 1 aromatic heterocycles. The number of aromatic amines is 1. The number of imidazole rings is 1. The van der Waals surface area contributed by atoms with E-state index in [2.05, 4.69) is 9.97 Å². The number of carbonyl (C=O) groups is 1. The molecule has 0 bridgehead atoms. The molecule has 2 atom stereocenters.